The van der Waals surface area contributed by atoms with Gasteiger partial charge in [-0.2, -0.15) is 0 Å². The van der Waals surface area contributed by atoms with Crippen molar-refractivity contribution in [1.82, 2.24) is 14.5 Å². The molecule has 2 aliphatic heterocycles. The van der Waals surface area contributed by atoms with Crippen LogP contribution >= 0.6 is 0 Å². The number of aromatic amines is 1. The van der Waals surface area contributed by atoms with E-state index in [1.165, 1.54) is 43.4 Å². The van der Waals surface area contributed by atoms with E-state index in [9.17, 15) is 33.7 Å². The number of ether oxygens (including phenoxy) is 1. The predicted molar refractivity (Wildman–Crippen MR) is 133 cm³/mol. The van der Waals surface area contributed by atoms with Crippen molar-refractivity contribution in [1.29, 1.82) is 0 Å². The van der Waals surface area contributed by atoms with Crippen LogP contribution in [0.1, 0.15) is 33.4 Å². The van der Waals surface area contributed by atoms with Gasteiger partial charge in [0.15, 0.2) is 6.23 Å². The van der Waals surface area contributed by atoms with Gasteiger partial charge in [0.1, 0.15) is 17.7 Å². The van der Waals surface area contributed by atoms with Crippen LogP contribution in [0, 0.1) is 11.6 Å². The number of aliphatic hydroxyl groups excluding tert-OH is 3. The largest absolute Gasteiger partial charge is 0.394 e. The van der Waals surface area contributed by atoms with Crippen LogP contribution in [-0.2, 0) is 4.74 Å². The summed E-state index contributed by atoms with van der Waals surface area (Å²) in [5.41, 5.74) is 1.62. The zero-order chi connectivity index (χ0) is 26.6. The van der Waals surface area contributed by atoms with Gasteiger partial charge in [0.25, 0.3) is 11.8 Å². The first-order valence-electron chi connectivity index (χ1n) is 12.1. The maximum absolute atomic E-state index is 14.6. The number of amides is 2. The topological polar surface area (TPSA) is 128 Å². The van der Waals surface area contributed by atoms with Crippen molar-refractivity contribution in [3.8, 4) is 0 Å². The van der Waals surface area contributed by atoms with Gasteiger partial charge >= 0.3 is 0 Å². The van der Waals surface area contributed by atoms with E-state index >= 15 is 0 Å². The standard InChI is InChI=1S/C27H21F2N3O6/c1-31-25(36)20-18-13-6-10(28)2-4-15(13)30-22(18)23-19(21(20)26(31)37)14-7-11(29)3-5-16(14)32(23)27-24(35)17(34)8-12(9-33)38-27/h2-7,12,17,24,27,30,33-35H,8-9H2,1H3. The van der Waals surface area contributed by atoms with E-state index in [0.717, 1.165) is 4.90 Å². The van der Waals surface area contributed by atoms with Gasteiger partial charge in [-0.05, 0) is 36.4 Å². The van der Waals surface area contributed by atoms with E-state index in [1.807, 2.05) is 0 Å². The number of nitrogens with zero attached hydrogens (tertiary/aromatic N) is 2. The van der Waals surface area contributed by atoms with Gasteiger partial charge in [0.05, 0.1) is 46.5 Å². The second-order valence-electron chi connectivity index (χ2n) is 9.86. The summed E-state index contributed by atoms with van der Waals surface area (Å²) in [7, 11) is 1.34. The molecule has 3 aromatic carbocycles. The minimum Gasteiger partial charge on any atom is -0.394 e. The van der Waals surface area contributed by atoms with Crippen molar-refractivity contribution in [3.05, 3.63) is 59.2 Å². The van der Waals surface area contributed by atoms with Gasteiger partial charge in [-0.15, -0.1) is 0 Å². The van der Waals surface area contributed by atoms with Crippen LogP contribution in [0.4, 0.5) is 8.78 Å². The van der Waals surface area contributed by atoms with Crippen LogP contribution in [0.5, 0.6) is 0 Å². The molecule has 2 amide bonds. The number of carbonyl (C=O) groups is 2. The van der Waals surface area contributed by atoms with E-state index in [-0.39, 0.29) is 28.3 Å². The molecule has 0 aliphatic carbocycles. The lowest BCUT2D eigenvalue weighted by atomic mass is 9.96. The van der Waals surface area contributed by atoms with E-state index in [2.05, 4.69) is 4.98 Å². The zero-order valence-corrected chi connectivity index (χ0v) is 19.9. The summed E-state index contributed by atoms with van der Waals surface area (Å²) in [5, 5.41) is 32.6. The van der Waals surface area contributed by atoms with Crippen molar-refractivity contribution in [2.75, 3.05) is 13.7 Å². The maximum Gasteiger partial charge on any atom is 0.262 e. The molecule has 9 nitrogen and oxygen atoms in total. The number of benzene rings is 3. The number of nitrogens with one attached hydrogen (secondary N) is 1. The van der Waals surface area contributed by atoms with E-state index in [1.54, 1.807) is 4.57 Å². The molecule has 1 fully saturated rings. The molecule has 4 N–H and O–H groups in total. The zero-order valence-electron chi connectivity index (χ0n) is 19.9. The molecule has 2 aromatic heterocycles. The molecule has 0 bridgehead atoms. The number of H-pyrrole nitrogens is 1. The fourth-order valence-electron chi connectivity index (χ4n) is 6.02. The molecular formula is C27H21F2N3O6. The number of aromatic nitrogens is 2. The third-order valence-electron chi connectivity index (χ3n) is 7.73. The molecule has 11 heteroatoms. The van der Waals surface area contributed by atoms with E-state index in [0.29, 0.717) is 32.8 Å². The van der Waals surface area contributed by atoms with Gasteiger partial charge in [0, 0.05) is 40.5 Å². The Labute approximate surface area is 212 Å². The average Bonchev–Trinajstić information content (AvgIpc) is 3.50. The first-order valence-corrected chi connectivity index (χ1v) is 12.1. The Morgan fingerprint density at radius 2 is 1.66 bits per heavy atom. The summed E-state index contributed by atoms with van der Waals surface area (Å²) in [5.74, 6) is -2.32. The smallest absolute Gasteiger partial charge is 0.262 e. The van der Waals surface area contributed by atoms with Crippen molar-refractivity contribution in [2.24, 2.45) is 0 Å². The predicted octanol–water partition coefficient (Wildman–Crippen LogP) is 2.93. The van der Waals surface area contributed by atoms with E-state index in [4.69, 9.17) is 4.74 Å². The first-order chi connectivity index (χ1) is 18.2. The molecule has 1 saturated heterocycles. The summed E-state index contributed by atoms with van der Waals surface area (Å²) in [6.45, 7) is -0.416. The van der Waals surface area contributed by atoms with Crippen LogP contribution < -0.4 is 0 Å². The molecule has 0 radical (unpaired) electrons. The molecular weight excluding hydrogens is 500 g/mol. The molecule has 2 aliphatic rings. The quantitative estimate of drug-likeness (QED) is 0.265. The number of aliphatic hydroxyl groups is 3. The highest BCUT2D eigenvalue weighted by Gasteiger charge is 2.43. The van der Waals surface area contributed by atoms with Crippen molar-refractivity contribution in [2.45, 2.75) is 31.0 Å². The third-order valence-corrected chi connectivity index (χ3v) is 7.73. The Morgan fingerprint density at radius 1 is 1.00 bits per heavy atom. The third kappa shape index (κ3) is 2.86. The molecule has 4 heterocycles. The van der Waals surface area contributed by atoms with Crippen molar-refractivity contribution in [3.63, 3.8) is 0 Å². The number of halogens is 2. The highest BCUT2D eigenvalue weighted by molar-refractivity contribution is 6.39. The van der Waals surface area contributed by atoms with Crippen molar-refractivity contribution >= 4 is 55.4 Å². The van der Waals surface area contributed by atoms with E-state index < -0.39 is 54.6 Å². The summed E-state index contributed by atoms with van der Waals surface area (Å²) < 4.78 is 36.6. The van der Waals surface area contributed by atoms with Crippen LogP contribution in [0.25, 0.3) is 43.6 Å². The number of fused-ring (bicyclic) bond motifs is 10. The van der Waals surface area contributed by atoms with Crippen LogP contribution in [0.3, 0.4) is 0 Å². The number of carbonyl (C=O) groups excluding carboxylic acids is 2. The second-order valence-corrected chi connectivity index (χ2v) is 9.86. The molecule has 4 atom stereocenters. The SMILES string of the molecule is CN1C(=O)c2c(c3c4cc(F)ccc4n(C4OC(CO)CC(O)C4O)c3c3[nH]c4ccc(F)cc4c23)C1=O. The molecule has 0 spiro atoms. The Hall–Kier alpha value is -3.90. The minimum atomic E-state index is -1.44. The number of imide groups is 1. The van der Waals surface area contributed by atoms with Gasteiger partial charge in [-0.25, -0.2) is 8.78 Å². The normalized spacial score (nSPS) is 24.0. The van der Waals surface area contributed by atoms with Gasteiger partial charge < -0.3 is 29.6 Å². The van der Waals surface area contributed by atoms with Crippen LogP contribution in [0.2, 0.25) is 0 Å². The fourth-order valence-corrected chi connectivity index (χ4v) is 6.02. The molecule has 7 rings (SSSR count). The lowest BCUT2D eigenvalue weighted by Crippen LogP contribution is -2.46. The summed E-state index contributed by atoms with van der Waals surface area (Å²) in [6, 6.07) is 7.94. The van der Waals surface area contributed by atoms with Crippen LogP contribution in [0.15, 0.2) is 36.4 Å². The molecule has 0 saturated carbocycles. The Balaban J connectivity index is 1.74. The first kappa shape index (κ1) is 23.2. The summed E-state index contributed by atoms with van der Waals surface area (Å²) >= 11 is 0. The molecule has 38 heavy (non-hydrogen) atoms. The average molecular weight is 521 g/mol. The molecule has 5 aromatic rings. The summed E-state index contributed by atoms with van der Waals surface area (Å²) in [6.07, 6.45) is -4.73. The Kier molecular flexibility index (Phi) is 4.77. The van der Waals surface area contributed by atoms with Crippen LogP contribution in [-0.4, -0.2) is 73.6 Å². The lowest BCUT2D eigenvalue weighted by Gasteiger charge is -2.38. The number of hydrogen-bond donors (Lipinski definition) is 4. The number of hydrogen-bond acceptors (Lipinski definition) is 6. The lowest BCUT2D eigenvalue weighted by molar-refractivity contribution is -0.202. The highest BCUT2D eigenvalue weighted by Crippen LogP contribution is 2.47. The van der Waals surface area contributed by atoms with Gasteiger partial charge in [-0.1, -0.05) is 0 Å². The summed E-state index contributed by atoms with van der Waals surface area (Å²) in [4.78, 5) is 31.0. The molecule has 4 unspecified atom stereocenters. The van der Waals surface area contributed by atoms with Gasteiger partial charge in [0.2, 0.25) is 0 Å². The molecule has 194 valence electrons. The van der Waals surface area contributed by atoms with Gasteiger partial charge in [-0.3, -0.25) is 14.5 Å². The second kappa shape index (κ2) is 7.81. The minimum absolute atomic E-state index is 0.00577. The monoisotopic (exact) mass is 521 g/mol. The maximum atomic E-state index is 14.6. The Morgan fingerprint density at radius 3 is 2.37 bits per heavy atom. The number of rotatable bonds is 2. The van der Waals surface area contributed by atoms with Crippen molar-refractivity contribution < 1.29 is 38.4 Å². The fraction of sp³-hybridized carbons (Fsp3) is 0.259. The highest BCUT2D eigenvalue weighted by atomic mass is 19.1. The Bertz CT molecular complexity index is 1860.